The van der Waals surface area contributed by atoms with E-state index in [0.717, 1.165) is 37.8 Å². The first kappa shape index (κ1) is 14.0. The highest BCUT2D eigenvalue weighted by Crippen LogP contribution is 2.32. The number of benzene rings is 1. The van der Waals surface area contributed by atoms with E-state index in [1.807, 2.05) is 0 Å². The van der Waals surface area contributed by atoms with E-state index in [1.165, 1.54) is 0 Å². The summed E-state index contributed by atoms with van der Waals surface area (Å²) >= 11 is 5.57. The number of nitrogens with two attached hydrogens (primary N) is 1. The fourth-order valence-electron chi connectivity index (χ4n) is 2.29. The summed E-state index contributed by atoms with van der Waals surface area (Å²) in [4.78, 5) is 10.4. The topological polar surface area (TPSA) is 81.2 Å². The van der Waals surface area contributed by atoms with Crippen molar-refractivity contribution in [2.75, 3.05) is 5.32 Å². The predicted octanol–water partition coefficient (Wildman–Crippen LogP) is 3.07. The Bertz CT molecular complexity index is 490. The lowest BCUT2D eigenvalue weighted by atomic mass is 9.91. The molecule has 19 heavy (non-hydrogen) atoms. The van der Waals surface area contributed by atoms with Crippen molar-refractivity contribution in [3.8, 4) is 0 Å². The van der Waals surface area contributed by atoms with Gasteiger partial charge in [-0.15, -0.1) is 0 Å². The van der Waals surface area contributed by atoms with Gasteiger partial charge in [0.05, 0.1) is 9.95 Å². The molecule has 1 fully saturated rings. The summed E-state index contributed by atoms with van der Waals surface area (Å²) in [6.45, 7) is 0. The molecule has 0 spiro atoms. The Morgan fingerprint density at radius 1 is 1.37 bits per heavy atom. The maximum Gasteiger partial charge on any atom is 0.294 e. The van der Waals surface area contributed by atoms with E-state index < -0.39 is 10.7 Å². The van der Waals surface area contributed by atoms with Gasteiger partial charge in [-0.2, -0.15) is 0 Å². The van der Waals surface area contributed by atoms with Crippen LogP contribution in [0.3, 0.4) is 0 Å². The largest absolute Gasteiger partial charge is 0.377 e. The monoisotopic (exact) mass is 287 g/mol. The standard InChI is InChI=1S/C12H15ClFN3O2/c13-9-5-12(17(18)19)11(6-10(9)14)16-8-3-1-7(15)2-4-8/h5-8,16H,1-4,15H2. The van der Waals surface area contributed by atoms with Crippen molar-refractivity contribution in [2.45, 2.75) is 37.8 Å². The van der Waals surface area contributed by atoms with Gasteiger partial charge in [-0.1, -0.05) is 11.6 Å². The van der Waals surface area contributed by atoms with Crippen LogP contribution in [0.1, 0.15) is 25.7 Å². The maximum absolute atomic E-state index is 13.4. The van der Waals surface area contributed by atoms with Crippen LogP contribution in [0.4, 0.5) is 15.8 Å². The summed E-state index contributed by atoms with van der Waals surface area (Å²) in [5, 5.41) is 13.7. The van der Waals surface area contributed by atoms with Gasteiger partial charge in [0.1, 0.15) is 11.5 Å². The molecule has 3 N–H and O–H groups in total. The van der Waals surface area contributed by atoms with Crippen LogP contribution in [0.2, 0.25) is 5.02 Å². The number of hydrogen-bond acceptors (Lipinski definition) is 4. The van der Waals surface area contributed by atoms with Gasteiger partial charge in [0.15, 0.2) is 0 Å². The number of nitro benzene ring substituents is 1. The first-order valence-corrected chi connectivity index (χ1v) is 6.50. The second-order valence-corrected chi connectivity index (χ2v) is 5.20. The molecule has 0 radical (unpaired) electrons. The van der Waals surface area contributed by atoms with E-state index >= 15 is 0 Å². The van der Waals surface area contributed by atoms with E-state index in [0.29, 0.717) is 0 Å². The van der Waals surface area contributed by atoms with Crippen molar-refractivity contribution in [3.05, 3.63) is 33.1 Å². The molecule has 2 rings (SSSR count). The minimum atomic E-state index is -0.665. The third-order valence-corrected chi connectivity index (χ3v) is 3.66. The van der Waals surface area contributed by atoms with E-state index in [4.69, 9.17) is 17.3 Å². The number of hydrogen-bond donors (Lipinski definition) is 2. The molecule has 7 heteroatoms. The Labute approximate surface area is 115 Å². The molecule has 0 amide bonds. The van der Waals surface area contributed by atoms with Crippen LogP contribution >= 0.6 is 11.6 Å². The summed E-state index contributed by atoms with van der Waals surface area (Å²) in [7, 11) is 0. The molecule has 1 aromatic carbocycles. The summed E-state index contributed by atoms with van der Waals surface area (Å²) in [6.07, 6.45) is 3.37. The van der Waals surface area contributed by atoms with Gasteiger partial charge >= 0.3 is 0 Å². The average molecular weight is 288 g/mol. The van der Waals surface area contributed by atoms with Crippen molar-refractivity contribution in [1.29, 1.82) is 0 Å². The molecule has 5 nitrogen and oxygen atoms in total. The van der Waals surface area contributed by atoms with Gasteiger partial charge < -0.3 is 11.1 Å². The third kappa shape index (κ3) is 3.33. The van der Waals surface area contributed by atoms with Crippen molar-refractivity contribution in [1.82, 2.24) is 0 Å². The van der Waals surface area contributed by atoms with E-state index in [-0.39, 0.29) is 28.5 Å². The fraction of sp³-hybridized carbons (Fsp3) is 0.500. The smallest absolute Gasteiger partial charge is 0.294 e. The Hall–Kier alpha value is -1.40. The van der Waals surface area contributed by atoms with Crippen LogP contribution in [0.15, 0.2) is 12.1 Å². The molecule has 0 bridgehead atoms. The molecular formula is C12H15ClFN3O2. The first-order valence-electron chi connectivity index (χ1n) is 6.13. The quantitative estimate of drug-likeness (QED) is 0.661. The number of halogens is 2. The highest BCUT2D eigenvalue weighted by Gasteiger charge is 2.23. The number of rotatable bonds is 3. The normalized spacial score (nSPS) is 23.1. The van der Waals surface area contributed by atoms with Crippen LogP contribution in [0.25, 0.3) is 0 Å². The highest BCUT2D eigenvalue weighted by atomic mass is 35.5. The van der Waals surface area contributed by atoms with Gasteiger partial charge in [0, 0.05) is 24.2 Å². The summed E-state index contributed by atoms with van der Waals surface area (Å²) in [5.41, 5.74) is 5.77. The van der Waals surface area contributed by atoms with Crippen molar-refractivity contribution in [2.24, 2.45) is 5.73 Å². The average Bonchev–Trinajstić information content (AvgIpc) is 2.36. The summed E-state index contributed by atoms with van der Waals surface area (Å²) < 4.78 is 13.4. The lowest BCUT2D eigenvalue weighted by Gasteiger charge is -2.27. The molecule has 0 atom stereocenters. The van der Waals surface area contributed by atoms with Crippen LogP contribution in [-0.2, 0) is 0 Å². The molecule has 1 aliphatic carbocycles. The zero-order chi connectivity index (χ0) is 14.0. The van der Waals surface area contributed by atoms with Gasteiger partial charge in [0.2, 0.25) is 0 Å². The van der Waals surface area contributed by atoms with Crippen LogP contribution in [-0.4, -0.2) is 17.0 Å². The van der Waals surface area contributed by atoms with E-state index in [2.05, 4.69) is 5.32 Å². The zero-order valence-corrected chi connectivity index (χ0v) is 11.0. The Morgan fingerprint density at radius 2 is 2.00 bits per heavy atom. The van der Waals surface area contributed by atoms with Crippen molar-refractivity contribution in [3.63, 3.8) is 0 Å². The maximum atomic E-state index is 13.4. The SMILES string of the molecule is NC1CCC(Nc2cc(F)c(Cl)cc2[N+](=O)[O-])CC1. The molecule has 1 aromatic rings. The fourth-order valence-corrected chi connectivity index (χ4v) is 2.44. The molecular weight excluding hydrogens is 273 g/mol. The van der Waals surface area contributed by atoms with Crippen molar-refractivity contribution >= 4 is 23.0 Å². The summed E-state index contributed by atoms with van der Waals surface area (Å²) in [5.74, 6) is -0.665. The molecule has 0 aliphatic heterocycles. The van der Waals surface area contributed by atoms with Crippen LogP contribution < -0.4 is 11.1 Å². The van der Waals surface area contributed by atoms with Crippen LogP contribution in [0, 0.1) is 15.9 Å². The van der Waals surface area contributed by atoms with Gasteiger partial charge in [0.25, 0.3) is 5.69 Å². The molecule has 0 aromatic heterocycles. The van der Waals surface area contributed by atoms with Gasteiger partial charge in [-0.05, 0) is 25.7 Å². The number of nitrogens with zero attached hydrogens (tertiary/aromatic N) is 1. The lowest BCUT2D eigenvalue weighted by Crippen LogP contribution is -2.32. The Kier molecular flexibility index (Phi) is 4.21. The Morgan fingerprint density at radius 3 is 2.58 bits per heavy atom. The summed E-state index contributed by atoms with van der Waals surface area (Å²) in [6, 6.07) is 2.39. The van der Waals surface area contributed by atoms with Crippen molar-refractivity contribution < 1.29 is 9.31 Å². The Balaban J connectivity index is 2.19. The molecule has 1 aliphatic rings. The first-order chi connectivity index (χ1) is 8.97. The second kappa shape index (κ2) is 5.71. The van der Waals surface area contributed by atoms with Crippen LogP contribution in [0.5, 0.6) is 0 Å². The molecule has 0 unspecified atom stereocenters. The number of nitrogens with one attached hydrogen (secondary N) is 1. The minimum absolute atomic E-state index is 0.0825. The van der Waals surface area contributed by atoms with E-state index in [1.54, 1.807) is 0 Å². The second-order valence-electron chi connectivity index (χ2n) is 4.80. The lowest BCUT2D eigenvalue weighted by molar-refractivity contribution is -0.384. The molecule has 0 saturated heterocycles. The third-order valence-electron chi connectivity index (χ3n) is 3.37. The molecule has 0 heterocycles. The minimum Gasteiger partial charge on any atom is -0.377 e. The molecule has 104 valence electrons. The zero-order valence-electron chi connectivity index (χ0n) is 10.2. The number of nitro groups is 1. The molecule has 1 saturated carbocycles. The van der Waals surface area contributed by atoms with Gasteiger partial charge in [-0.3, -0.25) is 10.1 Å². The predicted molar refractivity (Wildman–Crippen MR) is 71.9 cm³/mol. The van der Waals surface area contributed by atoms with E-state index in [9.17, 15) is 14.5 Å². The number of anilines is 1. The highest BCUT2D eigenvalue weighted by molar-refractivity contribution is 6.31. The van der Waals surface area contributed by atoms with Gasteiger partial charge in [-0.25, -0.2) is 4.39 Å².